The third-order valence-electron chi connectivity index (χ3n) is 1.64. The quantitative estimate of drug-likeness (QED) is 0.711. The smallest absolute Gasteiger partial charge is 0.140 e. The Morgan fingerprint density at radius 2 is 2.00 bits per heavy atom. The minimum absolute atomic E-state index is 0.340. The topological polar surface area (TPSA) is 23.5 Å². The lowest BCUT2D eigenvalue weighted by Gasteiger charge is -2.17. The molecule has 0 aliphatic heterocycles. The maximum atomic E-state index is 9.54. The van der Waals surface area contributed by atoms with Crippen molar-refractivity contribution in [2.24, 2.45) is 0 Å². The summed E-state index contributed by atoms with van der Waals surface area (Å²) in [6.45, 7) is 0. The van der Waals surface area contributed by atoms with Crippen molar-refractivity contribution in [2.75, 3.05) is 25.3 Å². The summed E-state index contributed by atoms with van der Waals surface area (Å²) in [6.07, 6.45) is 2.00. The molecule has 0 atom stereocenters. The van der Waals surface area contributed by atoms with E-state index in [2.05, 4.69) is 0 Å². The summed E-state index contributed by atoms with van der Waals surface area (Å²) in [4.78, 5) is 3.02. The second-order valence-electron chi connectivity index (χ2n) is 2.72. The van der Waals surface area contributed by atoms with Crippen LogP contribution in [0, 0.1) is 0 Å². The van der Waals surface area contributed by atoms with Crippen LogP contribution in [0.1, 0.15) is 0 Å². The lowest BCUT2D eigenvalue weighted by Crippen LogP contribution is -2.09. The van der Waals surface area contributed by atoms with Crippen molar-refractivity contribution in [1.29, 1.82) is 0 Å². The zero-order valence-electron chi connectivity index (χ0n) is 7.53. The maximum Gasteiger partial charge on any atom is 0.140 e. The van der Waals surface area contributed by atoms with Crippen LogP contribution in [0.5, 0.6) is 5.75 Å². The van der Waals surface area contributed by atoms with E-state index < -0.39 is 0 Å². The van der Waals surface area contributed by atoms with Gasteiger partial charge in [-0.2, -0.15) is 0 Å². The Hall–Kier alpha value is -0.830. The van der Waals surface area contributed by atoms with Crippen LogP contribution in [0.15, 0.2) is 23.1 Å². The van der Waals surface area contributed by atoms with Gasteiger partial charge in [0, 0.05) is 19.0 Å². The summed E-state index contributed by atoms with van der Waals surface area (Å²) in [7, 11) is 3.85. The number of benzene rings is 1. The SMILES string of the molecule is CSc1cccc(O)c1N(C)C. The number of hydrogen-bond acceptors (Lipinski definition) is 3. The van der Waals surface area contributed by atoms with E-state index in [1.165, 1.54) is 0 Å². The highest BCUT2D eigenvalue weighted by Crippen LogP contribution is 2.34. The average molecular weight is 183 g/mol. The van der Waals surface area contributed by atoms with Gasteiger partial charge in [0.15, 0.2) is 0 Å². The van der Waals surface area contributed by atoms with Gasteiger partial charge in [0.2, 0.25) is 0 Å². The first-order chi connectivity index (χ1) is 5.66. The zero-order valence-corrected chi connectivity index (χ0v) is 8.35. The fraction of sp³-hybridized carbons (Fsp3) is 0.333. The van der Waals surface area contributed by atoms with Crippen molar-refractivity contribution < 1.29 is 5.11 Å². The summed E-state index contributed by atoms with van der Waals surface area (Å²) in [5, 5.41) is 9.54. The van der Waals surface area contributed by atoms with E-state index in [0.29, 0.717) is 5.75 Å². The Morgan fingerprint density at radius 3 is 2.42 bits per heavy atom. The number of rotatable bonds is 2. The maximum absolute atomic E-state index is 9.54. The van der Waals surface area contributed by atoms with Gasteiger partial charge in [-0.05, 0) is 18.4 Å². The highest BCUT2D eigenvalue weighted by atomic mass is 32.2. The molecule has 0 bridgehead atoms. The molecule has 0 spiro atoms. The molecule has 0 fully saturated rings. The van der Waals surface area contributed by atoms with Crippen molar-refractivity contribution >= 4 is 17.4 Å². The van der Waals surface area contributed by atoms with Gasteiger partial charge in [0.25, 0.3) is 0 Å². The first-order valence-corrected chi connectivity index (χ1v) is 4.92. The molecule has 0 heterocycles. The van der Waals surface area contributed by atoms with Gasteiger partial charge in [0.05, 0.1) is 5.69 Å². The summed E-state index contributed by atoms with van der Waals surface area (Å²) in [6, 6.07) is 5.56. The number of anilines is 1. The highest BCUT2D eigenvalue weighted by Gasteiger charge is 2.07. The van der Waals surface area contributed by atoms with Gasteiger partial charge in [-0.15, -0.1) is 11.8 Å². The van der Waals surface area contributed by atoms with Crippen LogP contribution in [0.2, 0.25) is 0 Å². The van der Waals surface area contributed by atoms with Crippen LogP contribution in [-0.4, -0.2) is 25.5 Å². The Labute approximate surface area is 77.2 Å². The number of phenols is 1. The van der Waals surface area contributed by atoms with Crippen LogP contribution in [-0.2, 0) is 0 Å². The largest absolute Gasteiger partial charge is 0.506 e. The van der Waals surface area contributed by atoms with Gasteiger partial charge < -0.3 is 10.0 Å². The average Bonchev–Trinajstić information content (AvgIpc) is 2.03. The van der Waals surface area contributed by atoms with Gasteiger partial charge >= 0.3 is 0 Å². The number of aromatic hydroxyl groups is 1. The normalized spacial score (nSPS) is 9.92. The van der Waals surface area contributed by atoms with E-state index in [-0.39, 0.29) is 0 Å². The molecule has 1 aromatic rings. The number of phenolic OH excluding ortho intramolecular Hbond substituents is 1. The molecule has 1 N–H and O–H groups in total. The van der Waals surface area contributed by atoms with E-state index in [4.69, 9.17) is 0 Å². The van der Waals surface area contributed by atoms with Gasteiger partial charge in [0.1, 0.15) is 5.75 Å². The number of thioether (sulfide) groups is 1. The first kappa shape index (κ1) is 9.26. The zero-order chi connectivity index (χ0) is 9.14. The number of para-hydroxylation sites is 1. The second kappa shape index (κ2) is 3.72. The molecule has 3 heteroatoms. The minimum atomic E-state index is 0.340. The van der Waals surface area contributed by atoms with Crippen molar-refractivity contribution in [3.05, 3.63) is 18.2 Å². The summed E-state index contributed by atoms with van der Waals surface area (Å²) < 4.78 is 0. The van der Waals surface area contributed by atoms with Crippen molar-refractivity contribution in [2.45, 2.75) is 4.90 Å². The molecular formula is C9H13NOS. The van der Waals surface area contributed by atoms with Gasteiger partial charge in [-0.25, -0.2) is 0 Å². The van der Waals surface area contributed by atoms with Crippen molar-refractivity contribution in [3.63, 3.8) is 0 Å². The predicted octanol–water partition coefficient (Wildman–Crippen LogP) is 2.18. The fourth-order valence-corrected chi connectivity index (χ4v) is 1.82. The summed E-state index contributed by atoms with van der Waals surface area (Å²) >= 11 is 1.64. The lowest BCUT2D eigenvalue weighted by atomic mass is 10.3. The van der Waals surface area contributed by atoms with E-state index >= 15 is 0 Å². The Morgan fingerprint density at radius 1 is 1.33 bits per heavy atom. The Balaban J connectivity index is 3.20. The molecule has 0 unspecified atom stereocenters. The van der Waals surface area contributed by atoms with Gasteiger partial charge in [-0.1, -0.05) is 6.07 Å². The molecule has 0 aliphatic carbocycles. The van der Waals surface area contributed by atoms with Crippen molar-refractivity contribution in [3.8, 4) is 5.75 Å². The molecule has 0 amide bonds. The molecule has 0 saturated carbocycles. The fourth-order valence-electron chi connectivity index (χ4n) is 1.12. The van der Waals surface area contributed by atoms with Crippen LogP contribution in [0.3, 0.4) is 0 Å². The molecule has 0 radical (unpaired) electrons. The van der Waals surface area contributed by atoms with Crippen molar-refractivity contribution in [1.82, 2.24) is 0 Å². The third-order valence-corrected chi connectivity index (χ3v) is 2.41. The van der Waals surface area contributed by atoms with Crippen LogP contribution < -0.4 is 4.90 Å². The molecule has 2 nitrogen and oxygen atoms in total. The molecule has 0 aromatic heterocycles. The molecule has 1 aromatic carbocycles. The monoisotopic (exact) mass is 183 g/mol. The minimum Gasteiger partial charge on any atom is -0.506 e. The molecule has 0 aliphatic rings. The third kappa shape index (κ3) is 1.67. The van der Waals surface area contributed by atoms with Crippen LogP contribution in [0.25, 0.3) is 0 Å². The highest BCUT2D eigenvalue weighted by molar-refractivity contribution is 7.98. The van der Waals surface area contributed by atoms with Crippen LogP contribution in [0.4, 0.5) is 5.69 Å². The summed E-state index contributed by atoms with van der Waals surface area (Å²) in [5.74, 6) is 0.340. The van der Waals surface area contributed by atoms with E-state index in [0.717, 1.165) is 10.6 Å². The Bertz CT molecular complexity index is 273. The molecular weight excluding hydrogens is 170 g/mol. The van der Waals surface area contributed by atoms with E-state index in [9.17, 15) is 5.11 Å². The first-order valence-electron chi connectivity index (χ1n) is 3.70. The lowest BCUT2D eigenvalue weighted by molar-refractivity contribution is 0.474. The summed E-state index contributed by atoms with van der Waals surface area (Å²) in [5.41, 5.74) is 0.894. The number of nitrogens with zero attached hydrogens (tertiary/aromatic N) is 1. The Kier molecular flexibility index (Phi) is 2.87. The van der Waals surface area contributed by atoms with Gasteiger partial charge in [-0.3, -0.25) is 0 Å². The molecule has 0 saturated heterocycles. The number of hydrogen-bond donors (Lipinski definition) is 1. The van der Waals surface area contributed by atoms with E-state index in [1.807, 2.05) is 37.4 Å². The molecule has 1 rings (SSSR count). The van der Waals surface area contributed by atoms with Crippen LogP contribution >= 0.6 is 11.8 Å². The standard InChI is InChI=1S/C9H13NOS/c1-10(2)9-7(11)5-4-6-8(9)12-3/h4-6,11H,1-3H3. The predicted molar refractivity (Wildman–Crippen MR) is 54.2 cm³/mol. The molecule has 12 heavy (non-hydrogen) atoms. The second-order valence-corrected chi connectivity index (χ2v) is 3.57. The van der Waals surface area contributed by atoms with E-state index in [1.54, 1.807) is 17.8 Å². The molecule has 66 valence electrons.